The Labute approximate surface area is 76.9 Å². The molecule has 0 aliphatic carbocycles. The van der Waals surface area contributed by atoms with Gasteiger partial charge >= 0.3 is 0 Å². The van der Waals surface area contributed by atoms with E-state index in [1.807, 2.05) is 14.1 Å². The summed E-state index contributed by atoms with van der Waals surface area (Å²) < 4.78 is 0. The van der Waals surface area contributed by atoms with Crippen LogP contribution in [0.1, 0.15) is 11.6 Å². The van der Waals surface area contributed by atoms with Gasteiger partial charge in [0.15, 0.2) is 5.82 Å². The van der Waals surface area contributed by atoms with Gasteiger partial charge in [-0.2, -0.15) is 5.10 Å². The second-order valence-corrected chi connectivity index (χ2v) is 3.15. The van der Waals surface area contributed by atoms with Crippen LogP contribution in [0.25, 0.3) is 0 Å². The lowest BCUT2D eigenvalue weighted by Gasteiger charge is -2.05. The molecule has 1 aromatic heterocycles. The summed E-state index contributed by atoms with van der Waals surface area (Å²) in [4.78, 5) is 6.27. The van der Waals surface area contributed by atoms with Gasteiger partial charge in [-0.15, -0.1) is 11.6 Å². The van der Waals surface area contributed by atoms with Gasteiger partial charge in [0.25, 0.3) is 0 Å². The van der Waals surface area contributed by atoms with Crippen LogP contribution >= 0.6 is 11.6 Å². The van der Waals surface area contributed by atoms with E-state index in [0.29, 0.717) is 5.88 Å². The van der Waals surface area contributed by atoms with Crippen molar-refractivity contribution in [3.63, 3.8) is 0 Å². The summed E-state index contributed by atoms with van der Waals surface area (Å²) in [6.07, 6.45) is 0.861. The molecule has 0 spiro atoms. The SMILES string of the molecule is CN(C)CCc1n[nH]c(CCl)n1. The number of H-pyrrole nitrogens is 1. The van der Waals surface area contributed by atoms with E-state index in [0.717, 1.165) is 24.6 Å². The van der Waals surface area contributed by atoms with E-state index in [4.69, 9.17) is 11.6 Å². The number of alkyl halides is 1. The van der Waals surface area contributed by atoms with Crippen LogP contribution in [-0.2, 0) is 12.3 Å². The highest BCUT2D eigenvalue weighted by Gasteiger charge is 2.01. The molecule has 0 aliphatic heterocycles. The van der Waals surface area contributed by atoms with Crippen molar-refractivity contribution in [2.24, 2.45) is 0 Å². The van der Waals surface area contributed by atoms with Crippen molar-refractivity contribution in [3.8, 4) is 0 Å². The van der Waals surface area contributed by atoms with Gasteiger partial charge in [-0.25, -0.2) is 4.98 Å². The molecule has 68 valence electrons. The van der Waals surface area contributed by atoms with Crippen molar-refractivity contribution >= 4 is 11.6 Å². The molecule has 1 N–H and O–H groups in total. The van der Waals surface area contributed by atoms with Crippen molar-refractivity contribution in [1.29, 1.82) is 0 Å². The number of rotatable bonds is 4. The first kappa shape index (κ1) is 9.48. The zero-order chi connectivity index (χ0) is 8.97. The molecule has 1 rings (SSSR count). The number of nitrogens with zero attached hydrogens (tertiary/aromatic N) is 3. The molecular weight excluding hydrogens is 176 g/mol. The highest BCUT2D eigenvalue weighted by atomic mass is 35.5. The monoisotopic (exact) mass is 188 g/mol. The molecule has 5 heteroatoms. The van der Waals surface area contributed by atoms with Gasteiger partial charge in [0.1, 0.15) is 5.82 Å². The number of nitrogens with one attached hydrogen (secondary N) is 1. The van der Waals surface area contributed by atoms with Gasteiger partial charge in [0.05, 0.1) is 5.88 Å². The third-order valence-electron chi connectivity index (χ3n) is 1.49. The second kappa shape index (κ2) is 4.42. The smallest absolute Gasteiger partial charge is 0.152 e. The van der Waals surface area contributed by atoms with Gasteiger partial charge < -0.3 is 4.90 Å². The number of aromatic nitrogens is 3. The number of hydrogen-bond acceptors (Lipinski definition) is 3. The maximum absolute atomic E-state index is 5.56. The molecule has 12 heavy (non-hydrogen) atoms. The fraction of sp³-hybridized carbons (Fsp3) is 0.714. The summed E-state index contributed by atoms with van der Waals surface area (Å²) in [7, 11) is 4.05. The number of halogens is 1. The number of likely N-dealkylation sites (N-methyl/N-ethyl adjacent to an activating group) is 1. The molecule has 0 unspecified atom stereocenters. The van der Waals surface area contributed by atoms with Crippen molar-refractivity contribution < 1.29 is 0 Å². The molecule has 0 radical (unpaired) electrons. The molecule has 0 aliphatic rings. The maximum Gasteiger partial charge on any atom is 0.152 e. The molecule has 1 aromatic rings. The van der Waals surface area contributed by atoms with Gasteiger partial charge in [0, 0.05) is 13.0 Å². The largest absolute Gasteiger partial charge is 0.309 e. The first-order valence-electron chi connectivity index (χ1n) is 3.83. The van der Waals surface area contributed by atoms with Crippen molar-refractivity contribution in [2.45, 2.75) is 12.3 Å². The Morgan fingerprint density at radius 3 is 2.75 bits per heavy atom. The van der Waals surface area contributed by atoms with Crippen LogP contribution in [0.4, 0.5) is 0 Å². The predicted octanol–water partition coefficient (Wildman–Crippen LogP) is 0.648. The molecular formula is C7H13ClN4. The fourth-order valence-electron chi connectivity index (χ4n) is 0.830. The lowest BCUT2D eigenvalue weighted by atomic mass is 10.4. The fourth-order valence-corrected chi connectivity index (χ4v) is 0.950. The topological polar surface area (TPSA) is 44.8 Å². The van der Waals surface area contributed by atoms with E-state index in [1.165, 1.54) is 0 Å². The van der Waals surface area contributed by atoms with E-state index in [9.17, 15) is 0 Å². The molecule has 0 bridgehead atoms. The summed E-state index contributed by atoms with van der Waals surface area (Å²) in [5.74, 6) is 1.97. The zero-order valence-electron chi connectivity index (χ0n) is 7.34. The minimum Gasteiger partial charge on any atom is -0.309 e. The Morgan fingerprint density at radius 1 is 1.50 bits per heavy atom. The average Bonchev–Trinajstić information content (AvgIpc) is 2.48. The van der Waals surface area contributed by atoms with Crippen LogP contribution in [0.15, 0.2) is 0 Å². The normalized spacial score (nSPS) is 11.0. The van der Waals surface area contributed by atoms with Crippen LogP contribution in [0.5, 0.6) is 0 Å². The molecule has 0 amide bonds. The highest BCUT2D eigenvalue weighted by Crippen LogP contribution is 1.97. The number of hydrogen-bond donors (Lipinski definition) is 1. The average molecular weight is 189 g/mol. The minimum absolute atomic E-state index is 0.398. The molecule has 4 nitrogen and oxygen atoms in total. The quantitative estimate of drug-likeness (QED) is 0.706. The van der Waals surface area contributed by atoms with Crippen LogP contribution in [0.2, 0.25) is 0 Å². The summed E-state index contributed by atoms with van der Waals surface area (Å²) in [5.41, 5.74) is 0. The molecule has 0 fully saturated rings. The zero-order valence-corrected chi connectivity index (χ0v) is 8.10. The Hall–Kier alpha value is -0.610. The predicted molar refractivity (Wildman–Crippen MR) is 48.2 cm³/mol. The molecule has 0 saturated carbocycles. The van der Waals surface area contributed by atoms with Crippen LogP contribution in [0.3, 0.4) is 0 Å². The second-order valence-electron chi connectivity index (χ2n) is 2.89. The third kappa shape index (κ3) is 2.79. The highest BCUT2D eigenvalue weighted by molar-refractivity contribution is 6.16. The third-order valence-corrected chi connectivity index (χ3v) is 1.74. The summed E-state index contributed by atoms with van der Waals surface area (Å²) in [6.45, 7) is 0.958. The minimum atomic E-state index is 0.398. The standard InChI is InChI=1S/C7H13ClN4/c1-12(2)4-3-6-9-7(5-8)11-10-6/h3-5H2,1-2H3,(H,9,10,11). The van der Waals surface area contributed by atoms with E-state index in [-0.39, 0.29) is 0 Å². The van der Waals surface area contributed by atoms with E-state index < -0.39 is 0 Å². The van der Waals surface area contributed by atoms with Gasteiger partial charge in [-0.1, -0.05) is 0 Å². The van der Waals surface area contributed by atoms with E-state index in [2.05, 4.69) is 20.1 Å². The van der Waals surface area contributed by atoms with Gasteiger partial charge in [-0.05, 0) is 14.1 Å². The van der Waals surface area contributed by atoms with Crippen LogP contribution in [-0.4, -0.2) is 40.7 Å². The Morgan fingerprint density at radius 2 is 2.25 bits per heavy atom. The van der Waals surface area contributed by atoms with Gasteiger partial charge in [0.2, 0.25) is 0 Å². The van der Waals surface area contributed by atoms with E-state index in [1.54, 1.807) is 0 Å². The van der Waals surface area contributed by atoms with Crippen molar-refractivity contribution in [3.05, 3.63) is 11.6 Å². The Bertz CT molecular complexity index is 233. The van der Waals surface area contributed by atoms with Crippen LogP contribution < -0.4 is 0 Å². The maximum atomic E-state index is 5.56. The molecule has 1 heterocycles. The molecule has 0 saturated heterocycles. The van der Waals surface area contributed by atoms with Crippen LogP contribution in [0, 0.1) is 0 Å². The summed E-state index contributed by atoms with van der Waals surface area (Å²) in [5, 5.41) is 6.78. The molecule has 0 aromatic carbocycles. The number of aromatic amines is 1. The van der Waals surface area contributed by atoms with E-state index >= 15 is 0 Å². The lowest BCUT2D eigenvalue weighted by Crippen LogP contribution is -2.15. The van der Waals surface area contributed by atoms with Crippen molar-refractivity contribution in [1.82, 2.24) is 20.1 Å². The Kier molecular flexibility index (Phi) is 3.49. The van der Waals surface area contributed by atoms with Gasteiger partial charge in [-0.3, -0.25) is 5.10 Å². The van der Waals surface area contributed by atoms with Crippen molar-refractivity contribution in [2.75, 3.05) is 20.6 Å². The summed E-state index contributed by atoms with van der Waals surface area (Å²) in [6, 6.07) is 0. The lowest BCUT2D eigenvalue weighted by molar-refractivity contribution is 0.409. The first-order valence-corrected chi connectivity index (χ1v) is 4.36. The molecule has 0 atom stereocenters. The first-order chi connectivity index (χ1) is 5.72. The summed E-state index contributed by atoms with van der Waals surface area (Å²) >= 11 is 5.56. The Balaban J connectivity index is 2.41.